The first-order chi connectivity index (χ1) is 8.81. The number of carbonyl (C=O) groups excluding carboxylic acids is 1. The van der Waals surface area contributed by atoms with Gasteiger partial charge in [-0.1, -0.05) is 11.6 Å². The lowest BCUT2D eigenvalue weighted by atomic mass is 10.2. The Morgan fingerprint density at radius 3 is 2.63 bits per heavy atom. The average molecular weight is 286 g/mol. The summed E-state index contributed by atoms with van der Waals surface area (Å²) in [7, 11) is 1.59. The molecule has 1 aromatic carbocycles. The van der Waals surface area contributed by atoms with Crippen molar-refractivity contribution in [1.82, 2.24) is 0 Å². The Labute approximate surface area is 119 Å². The minimum Gasteiger partial charge on any atom is -0.497 e. The van der Waals surface area contributed by atoms with E-state index in [0.29, 0.717) is 17.3 Å². The lowest BCUT2D eigenvalue weighted by Crippen LogP contribution is -2.25. The third kappa shape index (κ3) is 5.83. The number of hydrogen-bond acceptors (Lipinski definition) is 4. The first kappa shape index (κ1) is 15.6. The predicted octanol–water partition coefficient (Wildman–Crippen LogP) is 3.49. The maximum Gasteiger partial charge on any atom is 0.308 e. The van der Waals surface area contributed by atoms with Gasteiger partial charge in [0.2, 0.25) is 0 Å². The molecule has 0 radical (unpaired) electrons. The number of halogens is 1. The van der Waals surface area contributed by atoms with Crippen LogP contribution in [0.1, 0.15) is 27.2 Å². The van der Waals surface area contributed by atoms with Crippen molar-refractivity contribution in [2.75, 3.05) is 19.0 Å². The van der Waals surface area contributed by atoms with Gasteiger partial charge in [0.1, 0.15) is 11.4 Å². The lowest BCUT2D eigenvalue weighted by molar-refractivity contribution is -0.154. The van der Waals surface area contributed by atoms with Gasteiger partial charge in [0.15, 0.2) is 0 Å². The molecular formula is C14H20ClNO3. The van der Waals surface area contributed by atoms with Gasteiger partial charge in [0.05, 0.1) is 24.2 Å². The van der Waals surface area contributed by atoms with Crippen LogP contribution in [0, 0.1) is 0 Å². The summed E-state index contributed by atoms with van der Waals surface area (Å²) in [6.45, 7) is 5.99. The van der Waals surface area contributed by atoms with Crippen molar-refractivity contribution in [2.45, 2.75) is 32.8 Å². The van der Waals surface area contributed by atoms with E-state index in [1.807, 2.05) is 20.8 Å². The van der Waals surface area contributed by atoms with Gasteiger partial charge in [0.25, 0.3) is 0 Å². The van der Waals surface area contributed by atoms with Gasteiger partial charge in [-0.05, 0) is 32.9 Å². The second-order valence-corrected chi connectivity index (χ2v) is 5.52. The van der Waals surface area contributed by atoms with Crippen LogP contribution in [0.4, 0.5) is 5.69 Å². The predicted molar refractivity (Wildman–Crippen MR) is 77.0 cm³/mol. The molecule has 0 amide bonds. The van der Waals surface area contributed by atoms with Crippen molar-refractivity contribution < 1.29 is 14.3 Å². The van der Waals surface area contributed by atoms with Crippen LogP contribution in [0.5, 0.6) is 5.75 Å². The highest BCUT2D eigenvalue weighted by Gasteiger charge is 2.15. The smallest absolute Gasteiger partial charge is 0.308 e. The van der Waals surface area contributed by atoms with Gasteiger partial charge >= 0.3 is 5.97 Å². The van der Waals surface area contributed by atoms with E-state index in [4.69, 9.17) is 21.1 Å². The summed E-state index contributed by atoms with van der Waals surface area (Å²) in [5, 5.41) is 3.68. The van der Waals surface area contributed by atoms with E-state index in [9.17, 15) is 4.79 Å². The molecule has 0 aliphatic rings. The zero-order chi connectivity index (χ0) is 14.5. The van der Waals surface area contributed by atoms with E-state index in [1.54, 1.807) is 25.3 Å². The summed E-state index contributed by atoms with van der Waals surface area (Å²) in [6.07, 6.45) is 0.283. The van der Waals surface area contributed by atoms with Crippen LogP contribution in [-0.4, -0.2) is 25.2 Å². The van der Waals surface area contributed by atoms with Crippen molar-refractivity contribution in [3.8, 4) is 5.75 Å². The molecule has 0 aromatic heterocycles. The largest absolute Gasteiger partial charge is 0.497 e. The highest BCUT2D eigenvalue weighted by molar-refractivity contribution is 6.33. The number of rotatable bonds is 5. The molecule has 0 fully saturated rings. The maximum absolute atomic E-state index is 11.5. The SMILES string of the molecule is COc1ccc(Cl)c(NCCC(=O)OC(C)(C)C)c1. The van der Waals surface area contributed by atoms with Crippen LogP contribution in [-0.2, 0) is 9.53 Å². The van der Waals surface area contributed by atoms with Crippen molar-refractivity contribution in [3.63, 3.8) is 0 Å². The van der Waals surface area contributed by atoms with Crippen molar-refractivity contribution >= 4 is 23.3 Å². The number of hydrogen-bond donors (Lipinski definition) is 1. The van der Waals surface area contributed by atoms with E-state index in [1.165, 1.54) is 0 Å². The van der Waals surface area contributed by atoms with Crippen LogP contribution in [0.15, 0.2) is 18.2 Å². The summed E-state index contributed by atoms with van der Waals surface area (Å²) < 4.78 is 10.3. The molecule has 5 heteroatoms. The first-order valence-corrected chi connectivity index (χ1v) is 6.49. The number of benzene rings is 1. The number of ether oxygens (including phenoxy) is 2. The van der Waals surface area contributed by atoms with E-state index in [-0.39, 0.29) is 12.4 Å². The second kappa shape index (κ2) is 6.66. The second-order valence-electron chi connectivity index (χ2n) is 5.11. The molecule has 0 unspecified atom stereocenters. The Bertz CT molecular complexity index is 441. The fraction of sp³-hybridized carbons (Fsp3) is 0.500. The van der Waals surface area contributed by atoms with Gasteiger partial charge in [0, 0.05) is 12.6 Å². The monoisotopic (exact) mass is 285 g/mol. The summed E-state index contributed by atoms with van der Waals surface area (Å²) in [5.74, 6) is 0.475. The van der Waals surface area contributed by atoms with Crippen LogP contribution >= 0.6 is 11.6 Å². The summed E-state index contributed by atoms with van der Waals surface area (Å²) in [4.78, 5) is 11.5. The maximum atomic E-state index is 11.5. The standard InChI is InChI=1S/C14H20ClNO3/c1-14(2,3)19-13(17)7-8-16-12-9-10(18-4)5-6-11(12)15/h5-6,9,16H,7-8H2,1-4H3. The molecule has 106 valence electrons. The van der Waals surface area contributed by atoms with Crippen molar-refractivity contribution in [2.24, 2.45) is 0 Å². The summed E-state index contributed by atoms with van der Waals surface area (Å²) >= 11 is 6.04. The molecular weight excluding hydrogens is 266 g/mol. The molecule has 0 saturated heterocycles. The molecule has 19 heavy (non-hydrogen) atoms. The van der Waals surface area contributed by atoms with Crippen LogP contribution < -0.4 is 10.1 Å². The zero-order valence-corrected chi connectivity index (χ0v) is 12.5. The number of anilines is 1. The average Bonchev–Trinajstić information content (AvgIpc) is 2.29. The Morgan fingerprint density at radius 2 is 2.05 bits per heavy atom. The number of esters is 1. The first-order valence-electron chi connectivity index (χ1n) is 6.11. The Hall–Kier alpha value is -1.42. The number of carbonyl (C=O) groups is 1. The van der Waals surface area contributed by atoms with Crippen molar-refractivity contribution in [1.29, 1.82) is 0 Å². The summed E-state index contributed by atoms with van der Waals surface area (Å²) in [6, 6.07) is 5.31. The van der Waals surface area contributed by atoms with Crippen LogP contribution in [0.3, 0.4) is 0 Å². The Morgan fingerprint density at radius 1 is 1.37 bits per heavy atom. The van der Waals surface area contributed by atoms with Crippen molar-refractivity contribution in [3.05, 3.63) is 23.2 Å². The molecule has 0 aliphatic carbocycles. The molecule has 0 aliphatic heterocycles. The van der Waals surface area contributed by atoms with Gasteiger partial charge < -0.3 is 14.8 Å². The molecule has 0 atom stereocenters. The molecule has 1 N–H and O–H groups in total. The third-order valence-electron chi connectivity index (χ3n) is 2.24. The van der Waals surface area contributed by atoms with E-state index < -0.39 is 5.60 Å². The quantitative estimate of drug-likeness (QED) is 0.841. The van der Waals surface area contributed by atoms with Gasteiger partial charge in [-0.2, -0.15) is 0 Å². The number of methoxy groups -OCH3 is 1. The van der Waals surface area contributed by atoms with Gasteiger partial charge in [-0.3, -0.25) is 4.79 Å². The summed E-state index contributed by atoms with van der Waals surface area (Å²) in [5.41, 5.74) is 0.287. The van der Waals surface area contributed by atoms with Gasteiger partial charge in [-0.25, -0.2) is 0 Å². The molecule has 0 heterocycles. The molecule has 0 bridgehead atoms. The fourth-order valence-corrected chi connectivity index (χ4v) is 1.64. The molecule has 0 spiro atoms. The lowest BCUT2D eigenvalue weighted by Gasteiger charge is -2.19. The minimum atomic E-state index is -0.454. The van der Waals surface area contributed by atoms with Crippen LogP contribution in [0.2, 0.25) is 5.02 Å². The molecule has 1 rings (SSSR count). The van der Waals surface area contributed by atoms with Gasteiger partial charge in [-0.15, -0.1) is 0 Å². The van der Waals surface area contributed by atoms with Crippen LogP contribution in [0.25, 0.3) is 0 Å². The number of nitrogens with one attached hydrogen (secondary N) is 1. The Kier molecular flexibility index (Phi) is 5.48. The van der Waals surface area contributed by atoms with E-state index >= 15 is 0 Å². The highest BCUT2D eigenvalue weighted by Crippen LogP contribution is 2.26. The van der Waals surface area contributed by atoms with E-state index in [2.05, 4.69) is 5.32 Å². The normalized spacial score (nSPS) is 11.0. The third-order valence-corrected chi connectivity index (χ3v) is 2.57. The Balaban J connectivity index is 2.47. The minimum absolute atomic E-state index is 0.237. The zero-order valence-electron chi connectivity index (χ0n) is 11.7. The fourth-order valence-electron chi connectivity index (χ4n) is 1.46. The molecule has 4 nitrogen and oxygen atoms in total. The topological polar surface area (TPSA) is 47.6 Å². The van der Waals surface area contributed by atoms with E-state index in [0.717, 1.165) is 5.69 Å². The highest BCUT2D eigenvalue weighted by atomic mass is 35.5. The molecule has 0 saturated carbocycles. The molecule has 1 aromatic rings.